The van der Waals surface area contributed by atoms with Crippen LogP contribution in [0.5, 0.6) is 5.75 Å². The van der Waals surface area contributed by atoms with Gasteiger partial charge in [0.15, 0.2) is 17.9 Å². The van der Waals surface area contributed by atoms with E-state index in [1.165, 1.54) is 6.07 Å². The molecular weight excluding hydrogens is 362 g/mol. The maximum absolute atomic E-state index is 14.4. The smallest absolute Gasteiger partial charge is 0.200 e. The third kappa shape index (κ3) is 4.97. The molecule has 28 heavy (non-hydrogen) atoms. The summed E-state index contributed by atoms with van der Waals surface area (Å²) in [5.41, 5.74) is 2.55. The molecule has 0 radical (unpaired) electrons. The van der Waals surface area contributed by atoms with Crippen LogP contribution in [0.3, 0.4) is 0 Å². The van der Waals surface area contributed by atoms with Crippen molar-refractivity contribution in [3.63, 3.8) is 0 Å². The molecule has 0 saturated carbocycles. The van der Waals surface area contributed by atoms with Gasteiger partial charge in [-0.05, 0) is 49.4 Å². The molecule has 0 aromatic heterocycles. The molecule has 2 unspecified atom stereocenters. The van der Waals surface area contributed by atoms with Crippen LogP contribution in [0, 0.1) is 11.6 Å². The maximum atomic E-state index is 14.4. The quantitative estimate of drug-likeness (QED) is 0.597. The van der Waals surface area contributed by atoms with Crippen molar-refractivity contribution in [3.8, 4) is 5.75 Å². The minimum absolute atomic E-state index is 0.0536. The van der Waals surface area contributed by atoms with Gasteiger partial charge in [-0.3, -0.25) is 0 Å². The van der Waals surface area contributed by atoms with Crippen molar-refractivity contribution in [2.75, 3.05) is 13.2 Å². The van der Waals surface area contributed by atoms with E-state index >= 15 is 0 Å². The Labute approximate surface area is 164 Å². The van der Waals surface area contributed by atoms with Crippen molar-refractivity contribution >= 4 is 6.08 Å². The van der Waals surface area contributed by atoms with Crippen molar-refractivity contribution in [3.05, 3.63) is 70.8 Å². The maximum Gasteiger partial charge on any atom is 0.200 e. The van der Waals surface area contributed by atoms with E-state index in [1.807, 2.05) is 43.3 Å². The Hall–Kier alpha value is -2.24. The minimum Gasteiger partial charge on any atom is -0.491 e. The highest BCUT2D eigenvalue weighted by Crippen LogP contribution is 2.33. The second-order valence-electron chi connectivity index (χ2n) is 6.80. The summed E-state index contributed by atoms with van der Waals surface area (Å²) in [5, 5.41) is 0. The van der Waals surface area contributed by atoms with Gasteiger partial charge >= 0.3 is 0 Å². The second kappa shape index (κ2) is 9.80. The fraction of sp³-hybridized carbons (Fsp3) is 0.391. The average molecular weight is 388 g/mol. The van der Waals surface area contributed by atoms with Crippen LogP contribution in [-0.2, 0) is 16.1 Å². The molecule has 1 aliphatic rings. The normalized spacial score (nSPS) is 19.9. The summed E-state index contributed by atoms with van der Waals surface area (Å²) in [6.45, 7) is 4.77. The van der Waals surface area contributed by atoms with Gasteiger partial charge in [-0.1, -0.05) is 42.5 Å². The van der Waals surface area contributed by atoms with Gasteiger partial charge in [-0.2, -0.15) is 4.39 Å². The number of ether oxygens (including phenoxy) is 3. The number of halogens is 2. The van der Waals surface area contributed by atoms with Crippen LogP contribution in [-0.4, -0.2) is 19.5 Å². The fourth-order valence-corrected chi connectivity index (χ4v) is 3.34. The first kappa shape index (κ1) is 20.5. The van der Waals surface area contributed by atoms with E-state index in [2.05, 4.69) is 0 Å². The van der Waals surface area contributed by atoms with Crippen molar-refractivity contribution in [1.29, 1.82) is 0 Å². The van der Waals surface area contributed by atoms with E-state index in [9.17, 15) is 8.78 Å². The molecule has 2 aromatic rings. The Morgan fingerprint density at radius 2 is 1.86 bits per heavy atom. The summed E-state index contributed by atoms with van der Waals surface area (Å²) in [6.07, 6.45) is 5.02. The van der Waals surface area contributed by atoms with E-state index in [0.717, 1.165) is 11.1 Å². The molecule has 1 fully saturated rings. The van der Waals surface area contributed by atoms with Crippen LogP contribution in [0.1, 0.15) is 49.3 Å². The number of rotatable bonds is 7. The van der Waals surface area contributed by atoms with E-state index in [-0.39, 0.29) is 18.0 Å². The molecule has 0 bridgehead atoms. The SMILES string of the molecule is CC=Cc1ccc(COC2CCC(c3ccc(OCC)c(F)c3F)CO2)cc1. The molecule has 2 aromatic carbocycles. The molecule has 3 nitrogen and oxygen atoms in total. The molecule has 0 aliphatic carbocycles. The third-order valence-corrected chi connectivity index (χ3v) is 4.83. The van der Waals surface area contributed by atoms with Crippen LogP contribution < -0.4 is 4.74 Å². The van der Waals surface area contributed by atoms with E-state index in [4.69, 9.17) is 14.2 Å². The first-order valence-electron chi connectivity index (χ1n) is 9.68. The Bertz CT molecular complexity index is 794. The molecule has 0 spiro atoms. The van der Waals surface area contributed by atoms with Gasteiger partial charge in [0.25, 0.3) is 0 Å². The lowest BCUT2D eigenvalue weighted by Gasteiger charge is -2.29. The van der Waals surface area contributed by atoms with E-state index < -0.39 is 11.6 Å². The van der Waals surface area contributed by atoms with Gasteiger partial charge in [-0.25, -0.2) is 4.39 Å². The van der Waals surface area contributed by atoms with Crippen molar-refractivity contribution in [1.82, 2.24) is 0 Å². The van der Waals surface area contributed by atoms with Crippen LogP contribution in [0.4, 0.5) is 8.78 Å². The first-order valence-corrected chi connectivity index (χ1v) is 9.68. The summed E-state index contributed by atoms with van der Waals surface area (Å²) < 4.78 is 45.2. The lowest BCUT2D eigenvalue weighted by atomic mass is 9.92. The lowest BCUT2D eigenvalue weighted by molar-refractivity contribution is -0.173. The number of hydrogen-bond acceptors (Lipinski definition) is 3. The van der Waals surface area contributed by atoms with Crippen molar-refractivity contribution in [2.24, 2.45) is 0 Å². The highest BCUT2D eigenvalue weighted by molar-refractivity contribution is 5.49. The molecule has 2 atom stereocenters. The molecule has 150 valence electrons. The first-order chi connectivity index (χ1) is 13.6. The number of benzene rings is 2. The predicted octanol–water partition coefficient (Wildman–Crippen LogP) is 5.83. The molecular formula is C23H26F2O3. The van der Waals surface area contributed by atoms with Crippen molar-refractivity contribution in [2.45, 2.75) is 45.5 Å². The topological polar surface area (TPSA) is 27.7 Å². The standard InChI is InChI=1S/C23H26F2O3/c1-3-5-16-6-8-17(9-7-16)14-27-21-13-10-18(15-28-21)19-11-12-20(26-4-2)23(25)22(19)24/h3,5-9,11-12,18,21H,4,10,13-15H2,1-2H3. The summed E-state index contributed by atoms with van der Waals surface area (Å²) >= 11 is 0. The van der Waals surface area contributed by atoms with Crippen LogP contribution in [0.25, 0.3) is 6.08 Å². The van der Waals surface area contributed by atoms with E-state index in [1.54, 1.807) is 13.0 Å². The molecule has 5 heteroatoms. The average Bonchev–Trinajstić information content (AvgIpc) is 2.72. The van der Waals surface area contributed by atoms with Gasteiger partial charge in [-0.15, -0.1) is 0 Å². The summed E-state index contributed by atoms with van der Waals surface area (Å²) in [6, 6.07) is 11.2. The Balaban J connectivity index is 1.52. The van der Waals surface area contributed by atoms with E-state index in [0.29, 0.717) is 38.2 Å². The molecule has 3 rings (SSSR count). The Morgan fingerprint density at radius 1 is 1.07 bits per heavy atom. The molecule has 0 N–H and O–H groups in total. The number of hydrogen-bond donors (Lipinski definition) is 0. The summed E-state index contributed by atoms with van der Waals surface area (Å²) in [4.78, 5) is 0. The van der Waals surface area contributed by atoms with Gasteiger partial charge in [0, 0.05) is 5.92 Å². The van der Waals surface area contributed by atoms with Gasteiger partial charge in [0.05, 0.1) is 19.8 Å². The highest BCUT2D eigenvalue weighted by atomic mass is 19.2. The van der Waals surface area contributed by atoms with Crippen LogP contribution in [0.2, 0.25) is 0 Å². The van der Waals surface area contributed by atoms with Gasteiger partial charge in [0.2, 0.25) is 5.82 Å². The van der Waals surface area contributed by atoms with Crippen LogP contribution >= 0.6 is 0 Å². The van der Waals surface area contributed by atoms with Crippen LogP contribution in [0.15, 0.2) is 42.5 Å². The van der Waals surface area contributed by atoms with Gasteiger partial charge < -0.3 is 14.2 Å². The monoisotopic (exact) mass is 388 g/mol. The largest absolute Gasteiger partial charge is 0.491 e. The summed E-state index contributed by atoms with van der Waals surface area (Å²) in [7, 11) is 0. The molecule has 1 saturated heterocycles. The Morgan fingerprint density at radius 3 is 2.50 bits per heavy atom. The zero-order valence-corrected chi connectivity index (χ0v) is 16.3. The minimum atomic E-state index is -0.931. The summed E-state index contributed by atoms with van der Waals surface area (Å²) in [5.74, 6) is -2.02. The second-order valence-corrected chi connectivity index (χ2v) is 6.80. The fourth-order valence-electron chi connectivity index (χ4n) is 3.34. The molecule has 1 heterocycles. The molecule has 1 aliphatic heterocycles. The highest BCUT2D eigenvalue weighted by Gasteiger charge is 2.27. The molecule has 0 amide bonds. The zero-order valence-electron chi connectivity index (χ0n) is 16.3. The lowest BCUT2D eigenvalue weighted by Crippen LogP contribution is -2.27. The van der Waals surface area contributed by atoms with Crippen molar-refractivity contribution < 1.29 is 23.0 Å². The third-order valence-electron chi connectivity index (χ3n) is 4.83. The number of allylic oxidation sites excluding steroid dienone is 1. The Kier molecular flexibility index (Phi) is 7.18. The zero-order chi connectivity index (χ0) is 19.9. The predicted molar refractivity (Wildman–Crippen MR) is 105 cm³/mol. The van der Waals surface area contributed by atoms with Gasteiger partial charge in [0.1, 0.15) is 0 Å².